The van der Waals surface area contributed by atoms with E-state index in [1.165, 1.54) is 12.8 Å². The van der Waals surface area contributed by atoms with Gasteiger partial charge in [0.2, 0.25) is 0 Å². The van der Waals surface area contributed by atoms with E-state index in [1.54, 1.807) is 0 Å². The van der Waals surface area contributed by atoms with Crippen molar-refractivity contribution in [3.05, 3.63) is 28.2 Å². The van der Waals surface area contributed by atoms with Gasteiger partial charge in [-0.2, -0.15) is 0 Å². The molecule has 20 heavy (non-hydrogen) atoms. The van der Waals surface area contributed by atoms with E-state index in [4.69, 9.17) is 5.73 Å². The quantitative estimate of drug-likeness (QED) is 0.865. The lowest BCUT2D eigenvalue weighted by Crippen LogP contribution is -2.37. The molecule has 0 aliphatic carbocycles. The number of carbonyl (C=O) groups is 1. The Labute approximate surface area is 128 Å². The lowest BCUT2D eigenvalue weighted by Gasteiger charge is -2.31. The molecule has 0 bridgehead atoms. The first kappa shape index (κ1) is 15.3. The van der Waals surface area contributed by atoms with Gasteiger partial charge in [0.25, 0.3) is 5.91 Å². The molecule has 0 aromatic heterocycles. The van der Waals surface area contributed by atoms with Crippen LogP contribution in [0.25, 0.3) is 0 Å². The first-order valence-corrected chi connectivity index (χ1v) is 7.96. The van der Waals surface area contributed by atoms with Crippen LogP contribution in [0.3, 0.4) is 0 Å². The van der Waals surface area contributed by atoms with Crippen molar-refractivity contribution in [3.8, 4) is 0 Å². The van der Waals surface area contributed by atoms with E-state index in [1.807, 2.05) is 18.2 Å². The second-order valence-corrected chi connectivity index (χ2v) is 6.17. The molecule has 1 saturated heterocycles. The SMILES string of the molecule is CCN(CC1CCNCC1)c1ccc(Br)cc1C(N)=O. The second-order valence-electron chi connectivity index (χ2n) is 5.26. The van der Waals surface area contributed by atoms with Crippen molar-refractivity contribution in [1.29, 1.82) is 0 Å². The zero-order valence-electron chi connectivity index (χ0n) is 11.9. The van der Waals surface area contributed by atoms with Crippen LogP contribution in [-0.4, -0.2) is 32.1 Å². The summed E-state index contributed by atoms with van der Waals surface area (Å²) in [5, 5.41) is 3.38. The van der Waals surface area contributed by atoms with Crippen LogP contribution >= 0.6 is 15.9 Å². The highest BCUT2D eigenvalue weighted by Gasteiger charge is 2.19. The Balaban J connectivity index is 2.19. The van der Waals surface area contributed by atoms with Gasteiger partial charge in [0.05, 0.1) is 5.56 Å². The van der Waals surface area contributed by atoms with Gasteiger partial charge in [-0.1, -0.05) is 15.9 Å². The number of primary amides is 1. The number of nitrogens with two attached hydrogens (primary N) is 1. The predicted molar refractivity (Wildman–Crippen MR) is 86.1 cm³/mol. The van der Waals surface area contributed by atoms with Crippen LogP contribution in [0.4, 0.5) is 5.69 Å². The molecule has 0 spiro atoms. The minimum atomic E-state index is -0.370. The number of piperidine rings is 1. The average molecular weight is 340 g/mol. The van der Waals surface area contributed by atoms with Crippen LogP contribution in [0.1, 0.15) is 30.1 Å². The van der Waals surface area contributed by atoms with Gasteiger partial charge in [-0.05, 0) is 57.0 Å². The summed E-state index contributed by atoms with van der Waals surface area (Å²) in [6, 6.07) is 5.75. The summed E-state index contributed by atoms with van der Waals surface area (Å²) in [6.45, 7) is 6.16. The number of benzene rings is 1. The zero-order chi connectivity index (χ0) is 14.5. The molecule has 1 aromatic rings. The molecule has 5 heteroatoms. The molecule has 4 nitrogen and oxygen atoms in total. The molecule has 3 N–H and O–H groups in total. The van der Waals surface area contributed by atoms with Gasteiger partial charge in [-0.3, -0.25) is 4.79 Å². The minimum Gasteiger partial charge on any atom is -0.371 e. The number of anilines is 1. The molecular formula is C15H22BrN3O. The van der Waals surface area contributed by atoms with E-state index >= 15 is 0 Å². The summed E-state index contributed by atoms with van der Waals surface area (Å²) < 4.78 is 0.882. The fourth-order valence-corrected chi connectivity index (χ4v) is 3.12. The van der Waals surface area contributed by atoms with Crippen molar-refractivity contribution in [2.75, 3.05) is 31.1 Å². The fraction of sp³-hybridized carbons (Fsp3) is 0.533. The molecule has 1 aliphatic heterocycles. The van der Waals surface area contributed by atoms with Gasteiger partial charge in [0.15, 0.2) is 0 Å². The highest BCUT2D eigenvalue weighted by atomic mass is 79.9. The topological polar surface area (TPSA) is 58.4 Å². The maximum Gasteiger partial charge on any atom is 0.250 e. The Hall–Kier alpha value is -1.07. The number of nitrogens with one attached hydrogen (secondary N) is 1. The van der Waals surface area contributed by atoms with E-state index in [-0.39, 0.29) is 5.91 Å². The van der Waals surface area contributed by atoms with Gasteiger partial charge in [0, 0.05) is 23.2 Å². The average Bonchev–Trinajstić information content (AvgIpc) is 2.46. The minimum absolute atomic E-state index is 0.370. The van der Waals surface area contributed by atoms with Gasteiger partial charge < -0.3 is 16.0 Å². The van der Waals surface area contributed by atoms with Crippen LogP contribution < -0.4 is 16.0 Å². The van der Waals surface area contributed by atoms with Crippen molar-refractivity contribution in [1.82, 2.24) is 5.32 Å². The van der Waals surface area contributed by atoms with Crippen molar-refractivity contribution in [2.45, 2.75) is 19.8 Å². The van der Waals surface area contributed by atoms with Crippen LogP contribution in [-0.2, 0) is 0 Å². The lowest BCUT2D eigenvalue weighted by atomic mass is 9.97. The molecule has 0 atom stereocenters. The van der Waals surface area contributed by atoms with Crippen LogP contribution in [0.5, 0.6) is 0 Å². The summed E-state index contributed by atoms with van der Waals surface area (Å²) in [4.78, 5) is 13.9. The molecule has 1 fully saturated rings. The fourth-order valence-electron chi connectivity index (χ4n) is 2.76. The zero-order valence-corrected chi connectivity index (χ0v) is 13.4. The molecular weight excluding hydrogens is 318 g/mol. The van der Waals surface area contributed by atoms with Crippen LogP contribution in [0.2, 0.25) is 0 Å². The Morgan fingerprint density at radius 2 is 2.15 bits per heavy atom. The van der Waals surface area contributed by atoms with Gasteiger partial charge in [-0.15, -0.1) is 0 Å². The first-order valence-electron chi connectivity index (χ1n) is 7.16. The third-order valence-corrected chi connectivity index (χ3v) is 4.38. The van der Waals surface area contributed by atoms with Gasteiger partial charge in [-0.25, -0.2) is 0 Å². The van der Waals surface area contributed by atoms with Crippen molar-refractivity contribution < 1.29 is 4.79 Å². The third-order valence-electron chi connectivity index (χ3n) is 3.88. The summed E-state index contributed by atoms with van der Waals surface area (Å²) in [5.41, 5.74) is 7.05. The Morgan fingerprint density at radius 3 is 2.75 bits per heavy atom. The predicted octanol–water partition coefficient (Wildman–Crippen LogP) is 2.37. The molecule has 0 radical (unpaired) electrons. The van der Waals surface area contributed by atoms with Crippen LogP contribution in [0.15, 0.2) is 22.7 Å². The largest absolute Gasteiger partial charge is 0.371 e. The number of hydrogen-bond acceptors (Lipinski definition) is 3. The standard InChI is InChI=1S/C15H22BrN3O/c1-2-19(10-11-5-7-18-8-6-11)14-4-3-12(16)9-13(14)15(17)20/h3-4,9,11,18H,2,5-8,10H2,1H3,(H2,17,20). The number of rotatable bonds is 5. The van der Waals surface area contributed by atoms with E-state index in [2.05, 4.69) is 33.1 Å². The highest BCUT2D eigenvalue weighted by molar-refractivity contribution is 9.10. The van der Waals surface area contributed by atoms with E-state index in [0.717, 1.165) is 36.3 Å². The van der Waals surface area contributed by atoms with E-state index in [9.17, 15) is 4.79 Å². The second kappa shape index (κ2) is 7.09. The van der Waals surface area contributed by atoms with E-state index in [0.29, 0.717) is 11.5 Å². The van der Waals surface area contributed by atoms with Gasteiger partial charge >= 0.3 is 0 Å². The van der Waals surface area contributed by atoms with Crippen molar-refractivity contribution >= 4 is 27.5 Å². The number of halogens is 1. The van der Waals surface area contributed by atoms with Crippen LogP contribution in [0, 0.1) is 5.92 Å². The molecule has 1 heterocycles. The number of carbonyl (C=O) groups excluding carboxylic acids is 1. The Morgan fingerprint density at radius 1 is 1.45 bits per heavy atom. The van der Waals surface area contributed by atoms with Crippen molar-refractivity contribution in [2.24, 2.45) is 11.7 Å². The lowest BCUT2D eigenvalue weighted by molar-refractivity contribution is 0.100. The highest BCUT2D eigenvalue weighted by Crippen LogP contribution is 2.26. The Kier molecular flexibility index (Phi) is 5.43. The molecule has 110 valence electrons. The molecule has 1 aliphatic rings. The maximum absolute atomic E-state index is 11.7. The third kappa shape index (κ3) is 3.73. The van der Waals surface area contributed by atoms with Crippen molar-refractivity contribution in [3.63, 3.8) is 0 Å². The first-order chi connectivity index (χ1) is 9.61. The molecule has 0 saturated carbocycles. The van der Waals surface area contributed by atoms with Gasteiger partial charge in [0.1, 0.15) is 0 Å². The Bertz CT molecular complexity index is 472. The number of amides is 1. The monoisotopic (exact) mass is 339 g/mol. The molecule has 0 unspecified atom stereocenters. The molecule has 1 aromatic carbocycles. The summed E-state index contributed by atoms with van der Waals surface area (Å²) in [5.74, 6) is 0.311. The maximum atomic E-state index is 11.7. The normalized spacial score (nSPS) is 16.1. The number of nitrogens with zero attached hydrogens (tertiary/aromatic N) is 1. The van der Waals surface area contributed by atoms with E-state index < -0.39 is 0 Å². The molecule has 2 rings (SSSR count). The summed E-state index contributed by atoms with van der Waals surface area (Å²) in [7, 11) is 0. The molecule has 1 amide bonds. The summed E-state index contributed by atoms with van der Waals surface area (Å²) in [6.07, 6.45) is 2.39. The smallest absolute Gasteiger partial charge is 0.250 e. The summed E-state index contributed by atoms with van der Waals surface area (Å²) >= 11 is 3.40. The number of hydrogen-bond donors (Lipinski definition) is 2.